The molecule has 0 atom stereocenters. The van der Waals surface area contributed by atoms with Gasteiger partial charge in [0, 0.05) is 16.1 Å². The molecule has 168 valence electrons. The summed E-state index contributed by atoms with van der Waals surface area (Å²) >= 11 is 5.92. The summed E-state index contributed by atoms with van der Waals surface area (Å²) in [6.45, 7) is 1.04. The van der Waals surface area contributed by atoms with Crippen LogP contribution in [-0.2, 0) is 9.53 Å². The van der Waals surface area contributed by atoms with Crippen molar-refractivity contribution < 1.29 is 18.7 Å². The molecule has 1 amide bonds. The average molecular weight is 473 g/mol. The summed E-state index contributed by atoms with van der Waals surface area (Å²) < 4.78 is 11.2. The van der Waals surface area contributed by atoms with Crippen molar-refractivity contribution in [1.29, 1.82) is 5.26 Å². The standard InChI is InChI=1S/C26H17ClN2O5/c1-15-23(31)19-8-5-9-20(25(19)34-24(15)16-6-3-2-4-7-16)26(32)33-14-22(30)29-21-12-18(27)11-10-17(21)13-28/h2-12H,14H2,1H3,(H,29,30). The summed E-state index contributed by atoms with van der Waals surface area (Å²) in [5.74, 6) is -1.14. The Morgan fingerprint density at radius 1 is 1.09 bits per heavy atom. The van der Waals surface area contributed by atoms with Crippen LogP contribution in [0.5, 0.6) is 0 Å². The van der Waals surface area contributed by atoms with Crippen LogP contribution in [0, 0.1) is 18.3 Å². The SMILES string of the molecule is Cc1c(-c2ccccc2)oc2c(C(=O)OCC(=O)Nc3cc(Cl)ccc3C#N)cccc2c1=O. The van der Waals surface area contributed by atoms with Crippen LogP contribution in [0.1, 0.15) is 21.5 Å². The van der Waals surface area contributed by atoms with Gasteiger partial charge in [0.2, 0.25) is 0 Å². The van der Waals surface area contributed by atoms with E-state index in [0.717, 1.165) is 0 Å². The van der Waals surface area contributed by atoms with Crippen molar-refractivity contribution in [3.8, 4) is 17.4 Å². The first kappa shape index (κ1) is 22.8. The zero-order valence-corrected chi connectivity index (χ0v) is 18.7. The Kier molecular flexibility index (Phi) is 6.44. The van der Waals surface area contributed by atoms with Crippen molar-refractivity contribution >= 4 is 40.1 Å². The number of halogens is 1. The van der Waals surface area contributed by atoms with Crippen LogP contribution in [-0.4, -0.2) is 18.5 Å². The molecule has 0 aliphatic carbocycles. The predicted molar refractivity (Wildman–Crippen MR) is 128 cm³/mol. The summed E-state index contributed by atoms with van der Waals surface area (Å²) in [5, 5.41) is 12.2. The molecule has 0 bridgehead atoms. The normalized spacial score (nSPS) is 10.5. The van der Waals surface area contributed by atoms with E-state index in [2.05, 4.69) is 5.32 Å². The predicted octanol–water partition coefficient (Wildman–Crippen LogP) is 5.09. The van der Waals surface area contributed by atoms with Gasteiger partial charge in [-0.2, -0.15) is 5.26 Å². The summed E-state index contributed by atoms with van der Waals surface area (Å²) in [5.41, 5.74) is 1.34. The number of nitrogens with zero attached hydrogens (tertiary/aromatic N) is 1. The summed E-state index contributed by atoms with van der Waals surface area (Å²) in [6.07, 6.45) is 0. The highest BCUT2D eigenvalue weighted by molar-refractivity contribution is 6.31. The highest BCUT2D eigenvalue weighted by Gasteiger charge is 2.20. The Labute approximate surface area is 199 Å². The molecule has 0 fully saturated rings. The maximum atomic E-state index is 12.9. The maximum absolute atomic E-state index is 12.9. The first-order valence-corrected chi connectivity index (χ1v) is 10.6. The van der Waals surface area contributed by atoms with Gasteiger partial charge in [0.15, 0.2) is 17.6 Å². The van der Waals surface area contributed by atoms with Crippen LogP contribution in [0.2, 0.25) is 5.02 Å². The number of fused-ring (bicyclic) bond motifs is 1. The Morgan fingerprint density at radius 2 is 1.85 bits per heavy atom. The van der Waals surface area contributed by atoms with Crippen molar-refractivity contribution in [2.24, 2.45) is 0 Å². The van der Waals surface area contributed by atoms with Crippen molar-refractivity contribution in [1.82, 2.24) is 0 Å². The van der Waals surface area contributed by atoms with Crippen molar-refractivity contribution in [2.45, 2.75) is 6.92 Å². The number of rotatable bonds is 5. The molecule has 0 radical (unpaired) electrons. The molecule has 0 saturated carbocycles. The summed E-state index contributed by atoms with van der Waals surface area (Å²) in [6, 6.07) is 20.0. The molecule has 0 saturated heterocycles. The molecular weight excluding hydrogens is 456 g/mol. The molecule has 4 aromatic rings. The van der Waals surface area contributed by atoms with Gasteiger partial charge in [-0.3, -0.25) is 9.59 Å². The fraction of sp³-hybridized carbons (Fsp3) is 0.0769. The number of carbonyl (C=O) groups excluding carboxylic acids is 2. The molecule has 1 aromatic heterocycles. The number of benzene rings is 3. The van der Waals surface area contributed by atoms with Crippen LogP contribution in [0.25, 0.3) is 22.3 Å². The number of para-hydroxylation sites is 1. The number of hydrogen-bond donors (Lipinski definition) is 1. The second kappa shape index (κ2) is 9.61. The lowest BCUT2D eigenvalue weighted by Crippen LogP contribution is -2.21. The molecule has 0 unspecified atom stereocenters. The van der Waals surface area contributed by atoms with Crippen LogP contribution >= 0.6 is 11.6 Å². The van der Waals surface area contributed by atoms with Crippen LogP contribution in [0.4, 0.5) is 5.69 Å². The van der Waals surface area contributed by atoms with Gasteiger partial charge in [-0.05, 0) is 37.3 Å². The van der Waals surface area contributed by atoms with Gasteiger partial charge in [0.1, 0.15) is 17.4 Å². The fourth-order valence-electron chi connectivity index (χ4n) is 3.45. The minimum Gasteiger partial charge on any atom is -0.455 e. The largest absolute Gasteiger partial charge is 0.455 e. The number of ether oxygens (including phenoxy) is 1. The van der Waals surface area contributed by atoms with E-state index in [1.807, 2.05) is 24.3 Å². The molecule has 7 nitrogen and oxygen atoms in total. The van der Waals surface area contributed by atoms with Gasteiger partial charge in [0.05, 0.1) is 16.6 Å². The van der Waals surface area contributed by atoms with Crippen LogP contribution < -0.4 is 10.7 Å². The Bertz CT molecular complexity index is 1520. The van der Waals surface area contributed by atoms with Crippen LogP contribution in [0.15, 0.2) is 75.9 Å². The van der Waals surface area contributed by atoms with Gasteiger partial charge >= 0.3 is 5.97 Å². The van der Waals surface area contributed by atoms with Gasteiger partial charge in [0.25, 0.3) is 5.91 Å². The quantitative estimate of drug-likeness (QED) is 0.405. The highest BCUT2D eigenvalue weighted by Crippen LogP contribution is 2.27. The fourth-order valence-corrected chi connectivity index (χ4v) is 3.62. The van der Waals surface area contributed by atoms with E-state index in [1.54, 1.807) is 31.2 Å². The van der Waals surface area contributed by atoms with E-state index < -0.39 is 18.5 Å². The van der Waals surface area contributed by atoms with Gasteiger partial charge < -0.3 is 14.5 Å². The lowest BCUT2D eigenvalue weighted by atomic mass is 10.0. The lowest BCUT2D eigenvalue weighted by molar-refractivity contribution is -0.119. The van der Waals surface area contributed by atoms with Gasteiger partial charge in [-0.1, -0.05) is 48.0 Å². The minimum atomic E-state index is -0.835. The second-order valence-electron chi connectivity index (χ2n) is 7.36. The number of anilines is 1. The van der Waals surface area contributed by atoms with Crippen LogP contribution in [0.3, 0.4) is 0 Å². The summed E-state index contributed by atoms with van der Waals surface area (Å²) in [4.78, 5) is 38.1. The van der Waals surface area contributed by atoms with Gasteiger partial charge in [-0.25, -0.2) is 4.79 Å². The Hall–Kier alpha value is -4.41. The highest BCUT2D eigenvalue weighted by atomic mass is 35.5. The van der Waals surface area contributed by atoms with Crippen molar-refractivity contribution in [3.63, 3.8) is 0 Å². The number of esters is 1. The monoisotopic (exact) mass is 472 g/mol. The molecule has 1 N–H and O–H groups in total. The first-order valence-electron chi connectivity index (χ1n) is 10.2. The molecule has 0 aliphatic heterocycles. The molecule has 34 heavy (non-hydrogen) atoms. The topological polar surface area (TPSA) is 109 Å². The van der Waals surface area contributed by atoms with E-state index in [4.69, 9.17) is 20.8 Å². The molecule has 8 heteroatoms. The maximum Gasteiger partial charge on any atom is 0.342 e. The molecular formula is C26H17ClN2O5. The summed E-state index contributed by atoms with van der Waals surface area (Å²) in [7, 11) is 0. The van der Waals surface area contributed by atoms with E-state index in [-0.39, 0.29) is 33.2 Å². The third-order valence-electron chi connectivity index (χ3n) is 5.11. The first-order chi connectivity index (χ1) is 16.4. The molecule has 0 aliphatic rings. The van der Waals surface area contributed by atoms with E-state index >= 15 is 0 Å². The molecule has 1 heterocycles. The number of carbonyl (C=O) groups is 2. The third kappa shape index (κ3) is 4.53. The Balaban J connectivity index is 1.60. The molecule has 4 rings (SSSR count). The zero-order valence-electron chi connectivity index (χ0n) is 17.9. The smallest absolute Gasteiger partial charge is 0.342 e. The second-order valence-corrected chi connectivity index (χ2v) is 7.80. The average Bonchev–Trinajstić information content (AvgIpc) is 2.85. The number of amides is 1. The van der Waals surface area contributed by atoms with E-state index in [0.29, 0.717) is 21.9 Å². The zero-order chi connectivity index (χ0) is 24.2. The van der Waals surface area contributed by atoms with Crippen molar-refractivity contribution in [3.05, 3.63) is 98.7 Å². The molecule has 3 aromatic carbocycles. The van der Waals surface area contributed by atoms with E-state index in [1.165, 1.54) is 24.3 Å². The number of hydrogen-bond acceptors (Lipinski definition) is 6. The molecule has 0 spiro atoms. The Morgan fingerprint density at radius 3 is 2.59 bits per heavy atom. The van der Waals surface area contributed by atoms with Gasteiger partial charge in [-0.15, -0.1) is 0 Å². The lowest BCUT2D eigenvalue weighted by Gasteiger charge is -2.11. The minimum absolute atomic E-state index is 0.0139. The third-order valence-corrected chi connectivity index (χ3v) is 5.35. The van der Waals surface area contributed by atoms with E-state index in [9.17, 15) is 19.6 Å². The number of nitrogens with one attached hydrogen (secondary N) is 1. The number of nitriles is 1. The van der Waals surface area contributed by atoms with Crippen molar-refractivity contribution in [2.75, 3.05) is 11.9 Å².